The molecule has 0 aromatic heterocycles. The van der Waals surface area contributed by atoms with E-state index >= 15 is 0 Å². The van der Waals surface area contributed by atoms with Gasteiger partial charge in [0.1, 0.15) is 5.60 Å². The molecule has 0 saturated heterocycles. The van der Waals surface area contributed by atoms with E-state index in [9.17, 15) is 4.79 Å². The third-order valence-corrected chi connectivity index (χ3v) is 3.13. The van der Waals surface area contributed by atoms with Gasteiger partial charge >= 0.3 is 6.09 Å². The van der Waals surface area contributed by atoms with E-state index in [1.165, 1.54) is 0 Å². The van der Waals surface area contributed by atoms with E-state index in [0.717, 1.165) is 19.5 Å². The maximum absolute atomic E-state index is 11.4. The molecule has 4 nitrogen and oxygen atoms in total. The van der Waals surface area contributed by atoms with Gasteiger partial charge in [-0.05, 0) is 51.6 Å². The minimum Gasteiger partial charge on any atom is -0.444 e. The molecule has 0 aliphatic carbocycles. The first-order valence-electron chi connectivity index (χ1n) is 7.20. The van der Waals surface area contributed by atoms with Gasteiger partial charge in [-0.2, -0.15) is 0 Å². The number of alkyl carbamates (subject to hydrolysis) is 1. The van der Waals surface area contributed by atoms with Crippen LogP contribution in [0.3, 0.4) is 0 Å². The van der Waals surface area contributed by atoms with Crippen LogP contribution in [-0.4, -0.2) is 31.3 Å². The van der Waals surface area contributed by atoms with Gasteiger partial charge in [-0.25, -0.2) is 4.79 Å². The van der Waals surface area contributed by atoms with Crippen molar-refractivity contribution in [3.05, 3.63) is 0 Å². The molecule has 2 N–H and O–H groups in total. The van der Waals surface area contributed by atoms with Crippen LogP contribution in [-0.2, 0) is 4.74 Å². The molecule has 19 heavy (non-hydrogen) atoms. The molecule has 1 atom stereocenters. The minimum atomic E-state index is -0.426. The summed E-state index contributed by atoms with van der Waals surface area (Å²) in [6.07, 6.45) is 0.575. The Balaban J connectivity index is 3.54. The highest BCUT2D eigenvalue weighted by molar-refractivity contribution is 5.67. The van der Waals surface area contributed by atoms with Gasteiger partial charge in [0.2, 0.25) is 0 Å². The number of nitrogens with one attached hydrogen (secondary N) is 2. The average molecular weight is 272 g/mol. The molecule has 0 bridgehead atoms. The van der Waals surface area contributed by atoms with Gasteiger partial charge in [0, 0.05) is 6.54 Å². The lowest BCUT2D eigenvalue weighted by Crippen LogP contribution is -2.35. The van der Waals surface area contributed by atoms with Gasteiger partial charge in [-0.3, -0.25) is 0 Å². The molecule has 0 heterocycles. The van der Waals surface area contributed by atoms with Crippen LogP contribution >= 0.6 is 0 Å². The molecule has 1 unspecified atom stereocenters. The number of amides is 1. The summed E-state index contributed by atoms with van der Waals surface area (Å²) in [5, 5.41) is 6.18. The molecule has 0 aromatic carbocycles. The van der Waals surface area contributed by atoms with Crippen molar-refractivity contribution in [1.29, 1.82) is 0 Å². The van der Waals surface area contributed by atoms with E-state index in [1.54, 1.807) is 0 Å². The van der Waals surface area contributed by atoms with Crippen molar-refractivity contribution in [2.24, 2.45) is 11.3 Å². The van der Waals surface area contributed by atoms with E-state index in [-0.39, 0.29) is 6.09 Å². The first kappa shape index (κ1) is 18.2. The summed E-state index contributed by atoms with van der Waals surface area (Å²) >= 11 is 0. The topological polar surface area (TPSA) is 50.4 Å². The lowest BCUT2D eigenvalue weighted by atomic mass is 9.82. The zero-order valence-electron chi connectivity index (χ0n) is 13.7. The largest absolute Gasteiger partial charge is 0.444 e. The van der Waals surface area contributed by atoms with Crippen LogP contribution in [0, 0.1) is 11.3 Å². The molecule has 0 fully saturated rings. The Morgan fingerprint density at radius 1 is 1.11 bits per heavy atom. The Labute approximate surface area is 118 Å². The molecule has 0 radical (unpaired) electrons. The van der Waals surface area contributed by atoms with E-state index in [0.29, 0.717) is 17.9 Å². The second kappa shape index (κ2) is 7.73. The van der Waals surface area contributed by atoms with Crippen molar-refractivity contribution in [3.63, 3.8) is 0 Å². The van der Waals surface area contributed by atoms with Crippen LogP contribution in [0.5, 0.6) is 0 Å². The van der Waals surface area contributed by atoms with Crippen LogP contribution in [0.25, 0.3) is 0 Å². The molecule has 0 aliphatic rings. The zero-order valence-corrected chi connectivity index (χ0v) is 13.7. The summed E-state index contributed by atoms with van der Waals surface area (Å²) in [7, 11) is 0. The van der Waals surface area contributed by atoms with Crippen molar-refractivity contribution in [2.75, 3.05) is 19.6 Å². The maximum atomic E-state index is 11.4. The van der Waals surface area contributed by atoms with Crippen molar-refractivity contribution in [1.82, 2.24) is 10.6 Å². The summed E-state index contributed by atoms with van der Waals surface area (Å²) in [5.41, 5.74) is -0.0910. The van der Waals surface area contributed by atoms with Gasteiger partial charge < -0.3 is 15.4 Å². The predicted octanol–water partition coefficient (Wildman–Crippen LogP) is 3.17. The van der Waals surface area contributed by atoms with Gasteiger partial charge in [0.15, 0.2) is 0 Å². The predicted molar refractivity (Wildman–Crippen MR) is 80.3 cm³/mol. The molecule has 4 heteroatoms. The summed E-state index contributed by atoms with van der Waals surface area (Å²) in [6.45, 7) is 17.2. The molecule has 0 aliphatic heterocycles. The summed E-state index contributed by atoms with van der Waals surface area (Å²) < 4.78 is 5.16. The fourth-order valence-corrected chi connectivity index (χ4v) is 1.34. The number of carbonyl (C=O) groups is 1. The van der Waals surface area contributed by atoms with Gasteiger partial charge in [-0.1, -0.05) is 27.7 Å². The van der Waals surface area contributed by atoms with Crippen LogP contribution in [0.1, 0.15) is 54.9 Å². The zero-order chi connectivity index (χ0) is 15.1. The average Bonchev–Trinajstić information content (AvgIpc) is 2.18. The number of hydrogen-bond acceptors (Lipinski definition) is 3. The SMILES string of the molecule is CC(CNCCCNC(=O)OC(C)(C)C)C(C)(C)C. The summed E-state index contributed by atoms with van der Waals surface area (Å²) in [4.78, 5) is 11.4. The lowest BCUT2D eigenvalue weighted by Gasteiger charge is -2.27. The molecule has 1 amide bonds. The monoisotopic (exact) mass is 272 g/mol. The second-order valence-corrected chi connectivity index (χ2v) is 7.25. The first-order valence-corrected chi connectivity index (χ1v) is 7.20. The highest BCUT2D eigenvalue weighted by atomic mass is 16.6. The Kier molecular flexibility index (Phi) is 7.42. The second-order valence-electron chi connectivity index (χ2n) is 7.25. The van der Waals surface area contributed by atoms with Crippen molar-refractivity contribution < 1.29 is 9.53 Å². The van der Waals surface area contributed by atoms with Crippen LogP contribution in [0.2, 0.25) is 0 Å². The number of hydrogen-bond donors (Lipinski definition) is 2. The summed E-state index contributed by atoms with van der Waals surface area (Å²) in [6, 6.07) is 0. The first-order chi connectivity index (χ1) is 8.52. The minimum absolute atomic E-state index is 0.335. The number of rotatable bonds is 6. The molecular formula is C15H32N2O2. The Morgan fingerprint density at radius 3 is 2.16 bits per heavy atom. The Hall–Kier alpha value is -0.770. The Morgan fingerprint density at radius 2 is 1.68 bits per heavy atom. The van der Waals surface area contributed by atoms with Gasteiger partial charge in [0.05, 0.1) is 0 Å². The smallest absolute Gasteiger partial charge is 0.407 e. The lowest BCUT2D eigenvalue weighted by molar-refractivity contribution is 0.0527. The standard InChI is InChI=1S/C15H32N2O2/c1-12(14(2,3)4)11-16-9-8-10-17-13(18)19-15(5,6)7/h12,16H,8-11H2,1-7H3,(H,17,18). The number of carbonyl (C=O) groups excluding carboxylic acids is 1. The van der Waals surface area contributed by atoms with Gasteiger partial charge in [0.25, 0.3) is 0 Å². The molecule has 0 saturated carbocycles. The molecule has 0 aromatic rings. The van der Waals surface area contributed by atoms with Crippen LogP contribution in [0.4, 0.5) is 4.79 Å². The van der Waals surface area contributed by atoms with E-state index < -0.39 is 5.60 Å². The van der Waals surface area contributed by atoms with Crippen LogP contribution in [0.15, 0.2) is 0 Å². The van der Waals surface area contributed by atoms with Gasteiger partial charge in [-0.15, -0.1) is 0 Å². The normalized spacial score (nSPS) is 14.1. The van der Waals surface area contributed by atoms with Crippen LogP contribution < -0.4 is 10.6 Å². The van der Waals surface area contributed by atoms with E-state index in [1.807, 2.05) is 20.8 Å². The summed E-state index contributed by atoms with van der Waals surface area (Å²) in [5.74, 6) is 0.631. The highest BCUT2D eigenvalue weighted by Gasteiger charge is 2.19. The highest BCUT2D eigenvalue weighted by Crippen LogP contribution is 2.24. The van der Waals surface area contributed by atoms with E-state index in [2.05, 4.69) is 38.3 Å². The fraction of sp³-hybridized carbons (Fsp3) is 0.933. The molecule has 0 spiro atoms. The number of ether oxygens (including phenoxy) is 1. The van der Waals surface area contributed by atoms with Crippen molar-refractivity contribution in [2.45, 2.75) is 60.5 Å². The van der Waals surface area contributed by atoms with Crippen molar-refractivity contribution in [3.8, 4) is 0 Å². The molecular weight excluding hydrogens is 240 g/mol. The quantitative estimate of drug-likeness (QED) is 0.730. The maximum Gasteiger partial charge on any atom is 0.407 e. The fourth-order valence-electron chi connectivity index (χ4n) is 1.34. The van der Waals surface area contributed by atoms with Crippen molar-refractivity contribution >= 4 is 6.09 Å². The third kappa shape index (κ3) is 10.8. The molecule has 114 valence electrons. The van der Waals surface area contributed by atoms with E-state index in [4.69, 9.17) is 4.74 Å². The third-order valence-electron chi connectivity index (χ3n) is 3.13. The Bertz CT molecular complexity index is 264. The molecule has 0 rings (SSSR count).